The second-order valence-corrected chi connectivity index (χ2v) is 7.26. The Morgan fingerprint density at radius 2 is 1.82 bits per heavy atom. The Morgan fingerprint density at radius 1 is 1.14 bits per heavy atom. The van der Waals surface area contributed by atoms with Gasteiger partial charge in [-0.25, -0.2) is 0 Å². The molecule has 2 aromatic carbocycles. The molecule has 1 aliphatic carbocycles. The van der Waals surface area contributed by atoms with E-state index in [4.69, 9.17) is 15.2 Å². The van der Waals surface area contributed by atoms with Gasteiger partial charge in [0.1, 0.15) is 5.54 Å². The van der Waals surface area contributed by atoms with E-state index >= 15 is 0 Å². The van der Waals surface area contributed by atoms with Gasteiger partial charge in [0.15, 0.2) is 11.5 Å². The number of nitrogens with one attached hydrogen (secondary N) is 1. The zero-order valence-corrected chi connectivity index (χ0v) is 17.3. The van der Waals surface area contributed by atoms with Crippen LogP contribution in [0.3, 0.4) is 0 Å². The molecule has 0 aromatic heterocycles. The number of nitrogens with two attached hydrogens (primary N) is 1. The highest BCUT2D eigenvalue weighted by atomic mass is 35.5. The lowest BCUT2D eigenvalue weighted by atomic mass is 9.92. The van der Waals surface area contributed by atoms with Gasteiger partial charge in [0, 0.05) is 6.54 Å². The van der Waals surface area contributed by atoms with Crippen LogP contribution >= 0.6 is 12.4 Å². The van der Waals surface area contributed by atoms with Gasteiger partial charge >= 0.3 is 0 Å². The van der Waals surface area contributed by atoms with Gasteiger partial charge in [-0.15, -0.1) is 12.4 Å². The Balaban J connectivity index is 0.00000280. The molecule has 28 heavy (non-hydrogen) atoms. The monoisotopic (exact) mass is 404 g/mol. The molecule has 1 fully saturated rings. The van der Waals surface area contributed by atoms with Crippen molar-refractivity contribution in [3.63, 3.8) is 0 Å². The number of benzene rings is 2. The standard InChI is InChI=1S/C22H28N2O3.ClH/c1-22(23,17-8-4-3-5-9-17)21(25)24-15-16-12-13-19(26-2)20(14-16)27-18-10-6-7-11-18;/h3-5,8-9,12-14,18H,6-7,10-11,15,23H2,1-2H3,(H,24,25);1H. The Kier molecular flexibility index (Phi) is 7.72. The van der Waals surface area contributed by atoms with E-state index in [1.807, 2.05) is 48.5 Å². The number of amides is 1. The summed E-state index contributed by atoms with van der Waals surface area (Å²) in [6.45, 7) is 2.10. The molecule has 1 aliphatic rings. The first-order chi connectivity index (χ1) is 13.0. The lowest BCUT2D eigenvalue weighted by Crippen LogP contribution is -2.48. The molecule has 0 aliphatic heterocycles. The fourth-order valence-electron chi connectivity index (χ4n) is 3.39. The van der Waals surface area contributed by atoms with Crippen molar-refractivity contribution in [3.05, 3.63) is 59.7 Å². The van der Waals surface area contributed by atoms with E-state index in [9.17, 15) is 4.79 Å². The molecular weight excluding hydrogens is 376 g/mol. The molecule has 1 saturated carbocycles. The van der Waals surface area contributed by atoms with Gasteiger partial charge in [-0.05, 0) is 55.9 Å². The fourth-order valence-corrected chi connectivity index (χ4v) is 3.39. The van der Waals surface area contributed by atoms with E-state index in [0.717, 1.165) is 29.7 Å². The number of hydrogen-bond acceptors (Lipinski definition) is 4. The predicted octanol–water partition coefficient (Wildman–Crippen LogP) is 3.93. The topological polar surface area (TPSA) is 73.6 Å². The predicted molar refractivity (Wildman–Crippen MR) is 113 cm³/mol. The van der Waals surface area contributed by atoms with Crippen molar-refractivity contribution in [3.8, 4) is 11.5 Å². The number of halogens is 1. The first-order valence-corrected chi connectivity index (χ1v) is 9.47. The van der Waals surface area contributed by atoms with Crippen molar-refractivity contribution >= 4 is 18.3 Å². The molecule has 2 aromatic rings. The van der Waals surface area contributed by atoms with Gasteiger partial charge in [-0.3, -0.25) is 4.79 Å². The van der Waals surface area contributed by atoms with E-state index in [1.54, 1.807) is 14.0 Å². The molecular formula is C22H29ClN2O3. The third-order valence-electron chi connectivity index (χ3n) is 5.12. The summed E-state index contributed by atoms with van der Waals surface area (Å²) >= 11 is 0. The normalized spacial score (nSPS) is 16.0. The fraction of sp³-hybridized carbons (Fsp3) is 0.409. The highest BCUT2D eigenvalue weighted by molar-refractivity contribution is 5.87. The van der Waals surface area contributed by atoms with Crippen LogP contribution in [0.2, 0.25) is 0 Å². The van der Waals surface area contributed by atoms with Crippen LogP contribution in [0, 0.1) is 0 Å². The Bertz CT molecular complexity index is 775. The van der Waals surface area contributed by atoms with Gasteiger partial charge in [-0.1, -0.05) is 36.4 Å². The SMILES string of the molecule is COc1ccc(CNC(=O)C(C)(N)c2ccccc2)cc1OC1CCCC1.Cl. The van der Waals surface area contributed by atoms with Gasteiger partial charge in [0.25, 0.3) is 0 Å². The maximum absolute atomic E-state index is 12.6. The van der Waals surface area contributed by atoms with Crippen LogP contribution in [-0.4, -0.2) is 19.1 Å². The summed E-state index contributed by atoms with van der Waals surface area (Å²) in [6, 6.07) is 15.1. The molecule has 6 heteroatoms. The zero-order valence-electron chi connectivity index (χ0n) is 16.4. The molecule has 0 heterocycles. The average molecular weight is 405 g/mol. The molecule has 152 valence electrons. The van der Waals surface area contributed by atoms with Crippen LogP contribution in [0.4, 0.5) is 0 Å². The zero-order chi connectivity index (χ0) is 19.3. The second-order valence-electron chi connectivity index (χ2n) is 7.26. The smallest absolute Gasteiger partial charge is 0.244 e. The molecule has 1 amide bonds. The maximum Gasteiger partial charge on any atom is 0.244 e. The highest BCUT2D eigenvalue weighted by Gasteiger charge is 2.30. The van der Waals surface area contributed by atoms with Crippen molar-refractivity contribution in [1.29, 1.82) is 0 Å². The van der Waals surface area contributed by atoms with Crippen molar-refractivity contribution in [1.82, 2.24) is 5.32 Å². The first kappa shape index (κ1) is 22.1. The van der Waals surface area contributed by atoms with E-state index in [-0.39, 0.29) is 24.4 Å². The third-order valence-corrected chi connectivity index (χ3v) is 5.12. The largest absolute Gasteiger partial charge is 0.493 e. The summed E-state index contributed by atoms with van der Waals surface area (Å²) in [6.07, 6.45) is 4.81. The molecule has 5 nitrogen and oxygen atoms in total. The summed E-state index contributed by atoms with van der Waals surface area (Å²) in [5, 5.41) is 2.94. The van der Waals surface area contributed by atoms with Crippen LogP contribution in [-0.2, 0) is 16.9 Å². The summed E-state index contributed by atoms with van der Waals surface area (Å²) in [5.41, 5.74) is 6.91. The average Bonchev–Trinajstić information content (AvgIpc) is 3.20. The summed E-state index contributed by atoms with van der Waals surface area (Å²) in [4.78, 5) is 12.6. The molecule has 0 bridgehead atoms. The summed E-state index contributed by atoms with van der Waals surface area (Å²) in [7, 11) is 1.64. The minimum Gasteiger partial charge on any atom is -0.493 e. The van der Waals surface area contributed by atoms with Crippen molar-refractivity contribution in [2.75, 3.05) is 7.11 Å². The lowest BCUT2D eigenvalue weighted by molar-refractivity contribution is -0.126. The molecule has 3 rings (SSSR count). The Labute approximate surface area is 173 Å². The number of carbonyl (C=O) groups excluding carboxylic acids is 1. The maximum atomic E-state index is 12.6. The lowest BCUT2D eigenvalue weighted by Gasteiger charge is -2.24. The number of carbonyl (C=O) groups is 1. The van der Waals surface area contributed by atoms with E-state index in [0.29, 0.717) is 12.3 Å². The van der Waals surface area contributed by atoms with Crippen LogP contribution in [0.1, 0.15) is 43.7 Å². The second kappa shape index (κ2) is 9.80. The number of methoxy groups -OCH3 is 1. The van der Waals surface area contributed by atoms with Gasteiger partial charge in [0.05, 0.1) is 13.2 Å². The van der Waals surface area contributed by atoms with Gasteiger partial charge in [-0.2, -0.15) is 0 Å². The summed E-state index contributed by atoms with van der Waals surface area (Å²) < 4.78 is 11.5. The van der Waals surface area contributed by atoms with Crippen LogP contribution in [0.15, 0.2) is 48.5 Å². The van der Waals surface area contributed by atoms with E-state index < -0.39 is 5.54 Å². The minimum atomic E-state index is -1.09. The van der Waals surface area contributed by atoms with Crippen LogP contribution in [0.5, 0.6) is 11.5 Å². The molecule has 1 unspecified atom stereocenters. The van der Waals surface area contributed by atoms with Crippen molar-refractivity contribution in [2.45, 2.75) is 50.8 Å². The molecule has 3 N–H and O–H groups in total. The number of ether oxygens (including phenoxy) is 2. The van der Waals surface area contributed by atoms with E-state index in [2.05, 4.69) is 5.32 Å². The van der Waals surface area contributed by atoms with Crippen LogP contribution in [0.25, 0.3) is 0 Å². The van der Waals surface area contributed by atoms with Crippen molar-refractivity contribution < 1.29 is 14.3 Å². The Morgan fingerprint density at radius 3 is 2.46 bits per heavy atom. The third kappa shape index (κ3) is 5.18. The molecule has 1 atom stereocenters. The highest BCUT2D eigenvalue weighted by Crippen LogP contribution is 2.32. The van der Waals surface area contributed by atoms with Gasteiger partial charge < -0.3 is 20.5 Å². The minimum absolute atomic E-state index is 0. The Hall–Kier alpha value is -2.24. The summed E-state index contributed by atoms with van der Waals surface area (Å²) in [5.74, 6) is 1.22. The first-order valence-electron chi connectivity index (χ1n) is 9.47. The van der Waals surface area contributed by atoms with Gasteiger partial charge in [0.2, 0.25) is 5.91 Å². The van der Waals surface area contributed by atoms with Crippen molar-refractivity contribution in [2.24, 2.45) is 5.73 Å². The molecule has 0 radical (unpaired) electrons. The molecule has 0 saturated heterocycles. The number of hydrogen-bond donors (Lipinski definition) is 2. The quantitative estimate of drug-likeness (QED) is 0.733. The van der Waals surface area contributed by atoms with E-state index in [1.165, 1.54) is 12.8 Å². The number of rotatable bonds is 7. The molecule has 0 spiro atoms. The van der Waals surface area contributed by atoms with Crippen LogP contribution < -0.4 is 20.5 Å².